The molecular weight excluding hydrogens is 368 g/mol. The third-order valence-electron chi connectivity index (χ3n) is 5.32. The number of piperidine rings is 1. The second-order valence-electron chi connectivity index (χ2n) is 7.22. The number of nitrogens with zero attached hydrogens (tertiary/aromatic N) is 3. The third kappa shape index (κ3) is 4.09. The summed E-state index contributed by atoms with van der Waals surface area (Å²) in [5, 5.41) is 3.60. The van der Waals surface area contributed by atoms with Gasteiger partial charge in [-0.2, -0.15) is 0 Å². The maximum Gasteiger partial charge on any atom is 0.274 e. The molecule has 8 heteroatoms. The molecule has 144 valence electrons. The number of pyridine rings is 1. The summed E-state index contributed by atoms with van der Waals surface area (Å²) in [7, 11) is 0. The van der Waals surface area contributed by atoms with E-state index in [9.17, 15) is 9.59 Å². The minimum absolute atomic E-state index is 0.00522. The van der Waals surface area contributed by atoms with Crippen LogP contribution >= 0.6 is 11.6 Å². The summed E-state index contributed by atoms with van der Waals surface area (Å²) < 4.78 is 7.17. The highest BCUT2D eigenvalue weighted by atomic mass is 35.5. The summed E-state index contributed by atoms with van der Waals surface area (Å²) in [6.07, 6.45) is 6.68. The van der Waals surface area contributed by atoms with Gasteiger partial charge < -0.3 is 19.4 Å². The van der Waals surface area contributed by atoms with E-state index >= 15 is 0 Å². The van der Waals surface area contributed by atoms with Gasteiger partial charge >= 0.3 is 0 Å². The molecule has 0 saturated carbocycles. The van der Waals surface area contributed by atoms with Crippen molar-refractivity contribution in [1.82, 2.24) is 19.6 Å². The van der Waals surface area contributed by atoms with Crippen LogP contribution in [0.5, 0.6) is 0 Å². The van der Waals surface area contributed by atoms with Crippen LogP contribution in [-0.2, 0) is 9.53 Å². The van der Waals surface area contributed by atoms with Gasteiger partial charge in [-0.1, -0.05) is 11.6 Å². The number of imidazole rings is 1. The maximum absolute atomic E-state index is 12.7. The summed E-state index contributed by atoms with van der Waals surface area (Å²) in [4.78, 5) is 31.0. The summed E-state index contributed by atoms with van der Waals surface area (Å²) in [5.74, 6) is 0.324. The number of rotatable bonds is 4. The number of hydrogen-bond donors (Lipinski definition) is 1. The fourth-order valence-electron chi connectivity index (χ4n) is 3.71. The quantitative estimate of drug-likeness (QED) is 0.867. The fourth-order valence-corrected chi connectivity index (χ4v) is 3.88. The monoisotopic (exact) mass is 390 g/mol. The van der Waals surface area contributed by atoms with Crippen molar-refractivity contribution in [3.05, 3.63) is 35.2 Å². The Kier molecular flexibility index (Phi) is 5.31. The molecule has 0 radical (unpaired) electrons. The highest BCUT2D eigenvalue weighted by Crippen LogP contribution is 2.20. The molecule has 2 aromatic heterocycles. The Labute approximate surface area is 162 Å². The van der Waals surface area contributed by atoms with Crippen LogP contribution in [0.3, 0.4) is 0 Å². The predicted molar refractivity (Wildman–Crippen MR) is 101 cm³/mol. The van der Waals surface area contributed by atoms with Crippen LogP contribution in [0.2, 0.25) is 5.02 Å². The molecule has 4 rings (SSSR count). The van der Waals surface area contributed by atoms with E-state index in [1.165, 1.54) is 0 Å². The number of ether oxygens (including phenoxy) is 1. The zero-order valence-corrected chi connectivity index (χ0v) is 15.8. The minimum Gasteiger partial charge on any atom is -0.368 e. The number of carbonyl (C=O) groups excluding carboxylic acids is 2. The number of aromatic nitrogens is 2. The summed E-state index contributed by atoms with van der Waals surface area (Å²) >= 11 is 5.98. The number of halogens is 1. The second-order valence-corrected chi connectivity index (χ2v) is 7.66. The van der Waals surface area contributed by atoms with Gasteiger partial charge in [-0.15, -0.1) is 0 Å². The van der Waals surface area contributed by atoms with Gasteiger partial charge in [-0.25, -0.2) is 4.98 Å². The molecule has 7 nitrogen and oxygen atoms in total. The molecule has 0 bridgehead atoms. The highest BCUT2D eigenvalue weighted by Gasteiger charge is 2.27. The minimum atomic E-state index is -0.282. The first-order chi connectivity index (χ1) is 13.1. The Morgan fingerprint density at radius 1 is 1.22 bits per heavy atom. The van der Waals surface area contributed by atoms with E-state index in [2.05, 4.69) is 10.3 Å². The number of hydrogen-bond acceptors (Lipinski definition) is 4. The van der Waals surface area contributed by atoms with Crippen LogP contribution in [-0.4, -0.2) is 58.4 Å². The van der Waals surface area contributed by atoms with Crippen LogP contribution in [0.15, 0.2) is 24.5 Å². The van der Waals surface area contributed by atoms with Crippen LogP contribution in [0.25, 0.3) is 5.65 Å². The first-order valence-electron chi connectivity index (χ1n) is 9.43. The number of fused-ring (bicyclic) bond motifs is 1. The largest absolute Gasteiger partial charge is 0.368 e. The predicted octanol–water partition coefficient (Wildman–Crippen LogP) is 2.14. The molecule has 2 saturated heterocycles. The van der Waals surface area contributed by atoms with Crippen molar-refractivity contribution >= 4 is 29.1 Å². The van der Waals surface area contributed by atoms with E-state index in [4.69, 9.17) is 16.3 Å². The van der Waals surface area contributed by atoms with Crippen molar-refractivity contribution in [3.63, 3.8) is 0 Å². The van der Waals surface area contributed by atoms with Crippen molar-refractivity contribution in [3.8, 4) is 0 Å². The van der Waals surface area contributed by atoms with Crippen molar-refractivity contribution < 1.29 is 14.3 Å². The van der Waals surface area contributed by atoms with E-state index < -0.39 is 0 Å². The molecule has 2 amide bonds. The molecule has 2 aliphatic rings. The summed E-state index contributed by atoms with van der Waals surface area (Å²) in [6.45, 7) is 2.67. The lowest BCUT2D eigenvalue weighted by atomic mass is 9.96. The fraction of sp³-hybridized carbons (Fsp3) is 0.526. The molecule has 0 spiro atoms. The van der Waals surface area contributed by atoms with E-state index in [-0.39, 0.29) is 17.9 Å². The van der Waals surface area contributed by atoms with Crippen molar-refractivity contribution in [2.24, 2.45) is 5.92 Å². The van der Waals surface area contributed by atoms with Gasteiger partial charge in [0.05, 0.1) is 5.02 Å². The summed E-state index contributed by atoms with van der Waals surface area (Å²) in [6, 6.07) is 3.55. The average Bonchev–Trinajstić information content (AvgIpc) is 3.35. The number of likely N-dealkylation sites (tertiary alicyclic amines) is 1. The first-order valence-corrected chi connectivity index (χ1v) is 9.81. The van der Waals surface area contributed by atoms with Crippen LogP contribution in [0.4, 0.5) is 0 Å². The number of carbonyl (C=O) groups is 2. The van der Waals surface area contributed by atoms with Crippen molar-refractivity contribution in [2.45, 2.75) is 31.8 Å². The molecule has 4 heterocycles. The number of nitrogens with one attached hydrogen (secondary N) is 1. The Hall–Kier alpha value is -2.12. The number of amides is 2. The lowest BCUT2D eigenvalue weighted by Gasteiger charge is -2.31. The van der Waals surface area contributed by atoms with Gasteiger partial charge in [0.2, 0.25) is 5.91 Å². The Morgan fingerprint density at radius 3 is 2.78 bits per heavy atom. The van der Waals surface area contributed by atoms with Gasteiger partial charge in [0.15, 0.2) is 0 Å². The molecule has 2 aromatic rings. The molecular formula is C19H23ClN4O3. The molecule has 0 aromatic carbocycles. The van der Waals surface area contributed by atoms with Gasteiger partial charge in [-0.3, -0.25) is 9.59 Å². The molecule has 2 aliphatic heterocycles. The van der Waals surface area contributed by atoms with E-state index in [0.717, 1.165) is 25.7 Å². The first kappa shape index (κ1) is 18.3. The molecule has 1 N–H and O–H groups in total. The third-order valence-corrected chi connectivity index (χ3v) is 5.55. The van der Waals surface area contributed by atoms with E-state index in [1.54, 1.807) is 28.9 Å². The Bertz CT molecular complexity index is 839. The lowest BCUT2D eigenvalue weighted by molar-refractivity contribution is -0.130. The summed E-state index contributed by atoms with van der Waals surface area (Å²) in [5.41, 5.74) is 1.14. The molecule has 27 heavy (non-hydrogen) atoms. The lowest BCUT2D eigenvalue weighted by Crippen LogP contribution is -2.43. The maximum atomic E-state index is 12.7. The highest BCUT2D eigenvalue weighted by molar-refractivity contribution is 6.30. The molecule has 0 aliphatic carbocycles. The van der Waals surface area contributed by atoms with E-state index in [0.29, 0.717) is 48.5 Å². The average molecular weight is 391 g/mol. The Balaban J connectivity index is 1.29. The standard InChI is InChI=1S/C19H23ClN4O3/c20-14-3-4-17-22-15(12-24(17)11-14)19(26)23-7-5-13(6-8-23)10-21-18(25)16-2-1-9-27-16/h3-4,11-13,16H,1-2,5-10H2,(H,21,25). The molecule has 1 unspecified atom stereocenters. The SMILES string of the molecule is O=C(NCC1CCN(C(=O)c2cn3cc(Cl)ccc3n2)CC1)C1CCCO1. The van der Waals surface area contributed by atoms with Gasteiger partial charge in [0.1, 0.15) is 17.4 Å². The van der Waals surface area contributed by atoms with Crippen LogP contribution in [0, 0.1) is 5.92 Å². The second kappa shape index (κ2) is 7.86. The van der Waals surface area contributed by atoms with Gasteiger partial charge in [-0.05, 0) is 43.7 Å². The Morgan fingerprint density at radius 2 is 2.04 bits per heavy atom. The normalized spacial score (nSPS) is 20.9. The van der Waals surface area contributed by atoms with Crippen LogP contribution < -0.4 is 5.32 Å². The molecule has 2 fully saturated rings. The zero-order chi connectivity index (χ0) is 18.8. The molecule has 1 atom stereocenters. The van der Waals surface area contributed by atoms with Crippen molar-refractivity contribution in [2.75, 3.05) is 26.2 Å². The van der Waals surface area contributed by atoms with Gasteiger partial charge in [0, 0.05) is 38.6 Å². The topological polar surface area (TPSA) is 75.9 Å². The van der Waals surface area contributed by atoms with Crippen molar-refractivity contribution in [1.29, 1.82) is 0 Å². The smallest absolute Gasteiger partial charge is 0.274 e. The zero-order valence-electron chi connectivity index (χ0n) is 15.1. The van der Waals surface area contributed by atoms with Crippen LogP contribution in [0.1, 0.15) is 36.2 Å². The van der Waals surface area contributed by atoms with Gasteiger partial charge in [0.25, 0.3) is 5.91 Å². The van der Waals surface area contributed by atoms with E-state index in [1.807, 2.05) is 4.90 Å².